The van der Waals surface area contributed by atoms with Gasteiger partial charge in [-0.15, -0.1) is 0 Å². The van der Waals surface area contributed by atoms with Gasteiger partial charge in [0.1, 0.15) is 0 Å². The molecule has 1 aromatic heterocycles. The molecule has 6 heteroatoms. The van der Waals surface area contributed by atoms with E-state index >= 15 is 0 Å². The second-order valence-corrected chi connectivity index (χ2v) is 6.44. The van der Waals surface area contributed by atoms with Crippen LogP contribution in [-0.2, 0) is 16.1 Å². The largest absolute Gasteiger partial charge is 0.325 e. The van der Waals surface area contributed by atoms with Crippen LogP contribution in [0, 0.1) is 0 Å². The van der Waals surface area contributed by atoms with Gasteiger partial charge < -0.3 is 10.6 Å². The van der Waals surface area contributed by atoms with Gasteiger partial charge in [-0.25, -0.2) is 0 Å². The zero-order valence-electron chi connectivity index (χ0n) is 15.4. The zero-order chi connectivity index (χ0) is 19.2. The summed E-state index contributed by atoms with van der Waals surface area (Å²) in [5.41, 5.74) is 3.01. The number of benzene rings is 2. The van der Waals surface area contributed by atoms with Crippen molar-refractivity contribution in [3.05, 3.63) is 66.4 Å². The van der Waals surface area contributed by atoms with Crippen molar-refractivity contribution in [2.45, 2.75) is 13.5 Å². The van der Waals surface area contributed by atoms with Gasteiger partial charge in [0, 0.05) is 18.9 Å². The Labute approximate surface area is 158 Å². The Kier molecular flexibility index (Phi) is 5.78. The highest BCUT2D eigenvalue weighted by molar-refractivity contribution is 5.99. The molecule has 1 heterocycles. The van der Waals surface area contributed by atoms with Gasteiger partial charge in [-0.3, -0.25) is 19.5 Å². The normalized spacial score (nSPS) is 10.8. The molecule has 0 aliphatic rings. The molecule has 0 aliphatic heterocycles. The van der Waals surface area contributed by atoms with Crippen molar-refractivity contribution in [1.82, 2.24) is 9.88 Å². The smallest absolute Gasteiger partial charge is 0.238 e. The van der Waals surface area contributed by atoms with Crippen LogP contribution in [-0.4, -0.2) is 35.3 Å². The highest BCUT2D eigenvalue weighted by atomic mass is 16.2. The van der Waals surface area contributed by atoms with Crippen LogP contribution in [0.1, 0.15) is 12.6 Å². The van der Waals surface area contributed by atoms with E-state index in [-0.39, 0.29) is 18.4 Å². The van der Waals surface area contributed by atoms with Crippen LogP contribution in [0.5, 0.6) is 0 Å². The van der Waals surface area contributed by atoms with Crippen molar-refractivity contribution in [2.24, 2.45) is 0 Å². The SMILES string of the molecule is CC(=O)Nc1ccccc1NC(=O)CN(C)Cc1ccc2ccccc2n1. The van der Waals surface area contributed by atoms with Crippen LogP contribution in [0.25, 0.3) is 10.9 Å². The van der Waals surface area contributed by atoms with Gasteiger partial charge in [-0.05, 0) is 31.3 Å². The number of nitrogens with zero attached hydrogens (tertiary/aromatic N) is 2. The first-order valence-electron chi connectivity index (χ1n) is 8.71. The first-order chi connectivity index (χ1) is 13.0. The highest BCUT2D eigenvalue weighted by Gasteiger charge is 2.11. The van der Waals surface area contributed by atoms with Crippen LogP contribution in [0.2, 0.25) is 0 Å². The molecule has 0 saturated carbocycles. The Hall–Kier alpha value is -3.25. The van der Waals surface area contributed by atoms with E-state index in [2.05, 4.69) is 15.6 Å². The second-order valence-electron chi connectivity index (χ2n) is 6.44. The number of anilines is 2. The number of para-hydroxylation sites is 3. The van der Waals surface area contributed by atoms with Gasteiger partial charge in [0.15, 0.2) is 0 Å². The van der Waals surface area contributed by atoms with Gasteiger partial charge in [-0.2, -0.15) is 0 Å². The van der Waals surface area contributed by atoms with Crippen LogP contribution < -0.4 is 10.6 Å². The Morgan fingerprint density at radius 3 is 2.33 bits per heavy atom. The number of carbonyl (C=O) groups excluding carboxylic acids is 2. The summed E-state index contributed by atoms with van der Waals surface area (Å²) in [6.07, 6.45) is 0. The van der Waals surface area contributed by atoms with E-state index in [9.17, 15) is 9.59 Å². The predicted octanol–water partition coefficient (Wildman–Crippen LogP) is 3.26. The molecule has 2 N–H and O–H groups in total. The summed E-state index contributed by atoms with van der Waals surface area (Å²) in [6.45, 7) is 2.21. The number of amides is 2. The van der Waals surface area contributed by atoms with Crippen molar-refractivity contribution in [2.75, 3.05) is 24.2 Å². The Balaban J connectivity index is 1.61. The first kappa shape index (κ1) is 18.5. The molecule has 0 saturated heterocycles. The number of fused-ring (bicyclic) bond motifs is 1. The first-order valence-corrected chi connectivity index (χ1v) is 8.71. The fourth-order valence-corrected chi connectivity index (χ4v) is 2.85. The van der Waals surface area contributed by atoms with E-state index in [1.807, 2.05) is 54.4 Å². The van der Waals surface area contributed by atoms with Gasteiger partial charge >= 0.3 is 0 Å². The number of nitrogens with one attached hydrogen (secondary N) is 2. The zero-order valence-corrected chi connectivity index (χ0v) is 15.4. The molecule has 0 fully saturated rings. The fraction of sp³-hybridized carbons (Fsp3) is 0.190. The summed E-state index contributed by atoms with van der Waals surface area (Å²) in [4.78, 5) is 30.2. The molecule has 2 amide bonds. The molecular formula is C21H22N4O2. The highest BCUT2D eigenvalue weighted by Crippen LogP contribution is 2.20. The lowest BCUT2D eigenvalue weighted by atomic mass is 10.2. The predicted molar refractivity (Wildman–Crippen MR) is 107 cm³/mol. The third-order valence-electron chi connectivity index (χ3n) is 4.01. The molecule has 0 aliphatic carbocycles. The minimum absolute atomic E-state index is 0.156. The van der Waals surface area contributed by atoms with Crippen molar-refractivity contribution in [3.8, 4) is 0 Å². The molecular weight excluding hydrogens is 340 g/mol. The van der Waals surface area contributed by atoms with Gasteiger partial charge in [-0.1, -0.05) is 36.4 Å². The van der Waals surface area contributed by atoms with Gasteiger partial charge in [0.2, 0.25) is 11.8 Å². The number of rotatable bonds is 6. The topological polar surface area (TPSA) is 74.3 Å². The Morgan fingerprint density at radius 2 is 1.59 bits per heavy atom. The molecule has 0 atom stereocenters. The molecule has 2 aromatic carbocycles. The summed E-state index contributed by atoms with van der Waals surface area (Å²) >= 11 is 0. The maximum atomic E-state index is 12.4. The summed E-state index contributed by atoms with van der Waals surface area (Å²) < 4.78 is 0. The molecule has 0 unspecified atom stereocenters. The Bertz CT molecular complexity index is 971. The number of hydrogen-bond acceptors (Lipinski definition) is 4. The quantitative estimate of drug-likeness (QED) is 0.706. The lowest BCUT2D eigenvalue weighted by Gasteiger charge is -2.17. The summed E-state index contributed by atoms with van der Waals surface area (Å²) in [5.74, 6) is -0.340. The number of pyridine rings is 1. The number of hydrogen-bond donors (Lipinski definition) is 2. The van der Waals surface area contributed by atoms with Crippen LogP contribution in [0.3, 0.4) is 0 Å². The molecule has 3 rings (SSSR count). The number of aromatic nitrogens is 1. The molecule has 27 heavy (non-hydrogen) atoms. The minimum Gasteiger partial charge on any atom is -0.325 e. The maximum Gasteiger partial charge on any atom is 0.238 e. The second kappa shape index (κ2) is 8.42. The summed E-state index contributed by atoms with van der Waals surface area (Å²) in [7, 11) is 1.87. The van der Waals surface area contributed by atoms with E-state index in [0.29, 0.717) is 17.9 Å². The van der Waals surface area contributed by atoms with Crippen molar-refractivity contribution < 1.29 is 9.59 Å². The molecule has 0 spiro atoms. The fourth-order valence-electron chi connectivity index (χ4n) is 2.85. The monoisotopic (exact) mass is 362 g/mol. The number of likely N-dealkylation sites (N-methyl/N-ethyl adjacent to an activating group) is 1. The molecule has 138 valence electrons. The van der Waals surface area contributed by atoms with Crippen LogP contribution in [0.15, 0.2) is 60.7 Å². The third-order valence-corrected chi connectivity index (χ3v) is 4.01. The number of carbonyl (C=O) groups is 2. The van der Waals surface area contributed by atoms with E-state index < -0.39 is 0 Å². The van der Waals surface area contributed by atoms with Crippen molar-refractivity contribution >= 4 is 34.1 Å². The van der Waals surface area contributed by atoms with Crippen LogP contribution in [0.4, 0.5) is 11.4 Å². The average molecular weight is 362 g/mol. The van der Waals surface area contributed by atoms with Gasteiger partial charge in [0.25, 0.3) is 0 Å². The molecule has 0 radical (unpaired) electrons. The van der Waals surface area contributed by atoms with E-state index in [0.717, 1.165) is 16.6 Å². The van der Waals surface area contributed by atoms with E-state index in [1.165, 1.54) is 6.92 Å². The molecule has 6 nitrogen and oxygen atoms in total. The molecule has 3 aromatic rings. The van der Waals surface area contributed by atoms with E-state index in [4.69, 9.17) is 0 Å². The average Bonchev–Trinajstić information content (AvgIpc) is 2.62. The third kappa shape index (κ3) is 5.12. The van der Waals surface area contributed by atoms with E-state index in [1.54, 1.807) is 18.2 Å². The lowest BCUT2D eigenvalue weighted by molar-refractivity contribution is -0.117. The summed E-state index contributed by atoms with van der Waals surface area (Å²) in [6, 6.07) is 19.1. The lowest BCUT2D eigenvalue weighted by Crippen LogP contribution is -2.30. The van der Waals surface area contributed by atoms with Gasteiger partial charge in [0.05, 0.1) is 29.1 Å². The minimum atomic E-state index is -0.184. The van der Waals surface area contributed by atoms with Crippen molar-refractivity contribution in [1.29, 1.82) is 0 Å². The Morgan fingerprint density at radius 1 is 0.926 bits per heavy atom. The maximum absolute atomic E-state index is 12.4. The van der Waals surface area contributed by atoms with Crippen LogP contribution >= 0.6 is 0 Å². The summed E-state index contributed by atoms with van der Waals surface area (Å²) in [5, 5.41) is 6.65. The standard InChI is InChI=1S/C21H22N4O2/c1-15(26)22-19-9-5-6-10-20(19)24-21(27)14-25(2)13-17-12-11-16-7-3-4-8-18(16)23-17/h3-12H,13-14H2,1-2H3,(H,22,26)(H,24,27). The molecule has 0 bridgehead atoms. The van der Waals surface area contributed by atoms with Crippen molar-refractivity contribution in [3.63, 3.8) is 0 Å².